The van der Waals surface area contributed by atoms with E-state index in [9.17, 15) is 14.7 Å². The van der Waals surface area contributed by atoms with Crippen LogP contribution in [-0.4, -0.2) is 41.8 Å². The summed E-state index contributed by atoms with van der Waals surface area (Å²) in [5.41, 5.74) is 0.0844. The fraction of sp³-hybridized carbons (Fsp3) is 0.692. The third-order valence-corrected chi connectivity index (χ3v) is 4.67. The van der Waals surface area contributed by atoms with Crippen molar-refractivity contribution in [3.63, 3.8) is 0 Å². The normalized spacial score (nSPS) is 24.3. The molecule has 0 radical (unpaired) electrons. The molecule has 0 saturated carbocycles. The van der Waals surface area contributed by atoms with Gasteiger partial charge in [-0.05, 0) is 13.3 Å². The molecule has 5 nitrogen and oxygen atoms in total. The van der Waals surface area contributed by atoms with Crippen molar-refractivity contribution in [1.29, 1.82) is 0 Å². The van der Waals surface area contributed by atoms with Crippen LogP contribution >= 0.6 is 11.8 Å². The van der Waals surface area contributed by atoms with Crippen LogP contribution < -0.4 is 34.7 Å². The SMILES string of the molecule is CCOCCSC1=C(C(=O)[O-])N2C(=O)C(CC)C2C1.[Na+]. The molecular weight excluding hydrogens is 289 g/mol. The van der Waals surface area contributed by atoms with E-state index >= 15 is 0 Å². The number of carboxylic acids is 1. The predicted octanol–water partition coefficient (Wildman–Crippen LogP) is -2.64. The first-order chi connectivity index (χ1) is 9.11. The van der Waals surface area contributed by atoms with Crippen LogP contribution in [-0.2, 0) is 14.3 Å². The standard InChI is InChI=1S/C13H19NO4S.Na/c1-3-8-9-7-10(19-6-5-18-4-2)11(13(16)17)14(9)12(8)15;/h8-9H,3-7H2,1-2H3,(H,16,17);/q;+1/p-1. The number of nitrogens with zero attached hydrogens (tertiary/aromatic N) is 1. The Labute approximate surface area is 145 Å². The van der Waals surface area contributed by atoms with E-state index in [0.29, 0.717) is 25.4 Å². The average Bonchev–Trinajstić information content (AvgIpc) is 2.70. The van der Waals surface area contributed by atoms with Gasteiger partial charge < -0.3 is 19.5 Å². The van der Waals surface area contributed by atoms with E-state index in [2.05, 4.69) is 0 Å². The fourth-order valence-corrected chi connectivity index (χ4v) is 3.74. The maximum absolute atomic E-state index is 11.9. The number of hydrogen-bond donors (Lipinski definition) is 0. The van der Waals surface area contributed by atoms with E-state index in [1.165, 1.54) is 16.7 Å². The molecule has 2 atom stereocenters. The second kappa shape index (κ2) is 7.84. The van der Waals surface area contributed by atoms with Gasteiger partial charge in [-0.1, -0.05) is 6.92 Å². The van der Waals surface area contributed by atoms with Crippen LogP contribution in [0.4, 0.5) is 0 Å². The third-order valence-electron chi connectivity index (χ3n) is 3.59. The summed E-state index contributed by atoms with van der Waals surface area (Å²) in [5.74, 6) is -0.651. The quantitative estimate of drug-likeness (QED) is 0.292. The van der Waals surface area contributed by atoms with Crippen LogP contribution in [0.5, 0.6) is 0 Å². The van der Waals surface area contributed by atoms with Gasteiger partial charge in [0.05, 0.1) is 30.2 Å². The monoisotopic (exact) mass is 307 g/mol. The van der Waals surface area contributed by atoms with E-state index < -0.39 is 5.97 Å². The van der Waals surface area contributed by atoms with Gasteiger partial charge in [-0.15, -0.1) is 11.8 Å². The van der Waals surface area contributed by atoms with Crippen molar-refractivity contribution >= 4 is 23.6 Å². The zero-order valence-corrected chi connectivity index (χ0v) is 15.0. The second-order valence-corrected chi connectivity index (χ2v) is 5.79. The Kier molecular flexibility index (Phi) is 7.08. The van der Waals surface area contributed by atoms with Gasteiger partial charge in [-0.25, -0.2) is 0 Å². The van der Waals surface area contributed by atoms with Gasteiger partial charge in [0.2, 0.25) is 5.91 Å². The molecule has 0 spiro atoms. The summed E-state index contributed by atoms with van der Waals surface area (Å²) in [6.07, 6.45) is 1.40. The molecule has 20 heavy (non-hydrogen) atoms. The number of fused-ring (bicyclic) bond motifs is 1. The van der Waals surface area contributed by atoms with Crippen molar-refractivity contribution in [2.45, 2.75) is 32.7 Å². The summed E-state index contributed by atoms with van der Waals surface area (Å²) < 4.78 is 5.23. The zero-order valence-electron chi connectivity index (χ0n) is 12.2. The molecule has 2 unspecified atom stereocenters. The minimum absolute atomic E-state index is 0. The van der Waals surface area contributed by atoms with Crippen LogP contribution in [0.2, 0.25) is 0 Å². The number of carboxylic acid groups (broad SMARTS) is 1. The number of aliphatic carboxylic acids is 1. The molecule has 2 heterocycles. The van der Waals surface area contributed by atoms with Gasteiger partial charge in [-0.3, -0.25) is 4.79 Å². The van der Waals surface area contributed by atoms with Crippen LogP contribution in [0.25, 0.3) is 0 Å². The third kappa shape index (κ3) is 3.25. The summed E-state index contributed by atoms with van der Waals surface area (Å²) in [6, 6.07) is 0.0278. The molecule has 1 saturated heterocycles. The summed E-state index contributed by atoms with van der Waals surface area (Å²) in [7, 11) is 0. The Morgan fingerprint density at radius 1 is 1.50 bits per heavy atom. The number of amides is 1. The van der Waals surface area contributed by atoms with Gasteiger partial charge in [0, 0.05) is 23.7 Å². The molecule has 2 aliphatic rings. The summed E-state index contributed by atoms with van der Waals surface area (Å²) in [5, 5.41) is 11.2. The van der Waals surface area contributed by atoms with Crippen molar-refractivity contribution in [2.75, 3.05) is 19.0 Å². The number of carbonyl (C=O) groups is 2. The first-order valence-electron chi connectivity index (χ1n) is 6.59. The van der Waals surface area contributed by atoms with E-state index in [1.807, 2.05) is 13.8 Å². The van der Waals surface area contributed by atoms with Gasteiger partial charge in [0.15, 0.2) is 0 Å². The number of ether oxygens (including phenoxy) is 1. The van der Waals surface area contributed by atoms with Crippen molar-refractivity contribution < 1.29 is 49.0 Å². The second-order valence-electron chi connectivity index (χ2n) is 4.60. The van der Waals surface area contributed by atoms with Crippen LogP contribution in [0.1, 0.15) is 26.7 Å². The van der Waals surface area contributed by atoms with Gasteiger partial charge in [0.25, 0.3) is 0 Å². The smallest absolute Gasteiger partial charge is 0.543 e. The van der Waals surface area contributed by atoms with E-state index in [-0.39, 0.29) is 53.1 Å². The summed E-state index contributed by atoms with van der Waals surface area (Å²) in [6.45, 7) is 5.11. The van der Waals surface area contributed by atoms with E-state index in [1.54, 1.807) is 0 Å². The molecule has 0 aromatic heterocycles. The van der Waals surface area contributed by atoms with Crippen LogP contribution in [0.15, 0.2) is 10.6 Å². The molecule has 0 bridgehead atoms. The molecule has 2 aliphatic heterocycles. The molecule has 7 heteroatoms. The number of hydrogen-bond acceptors (Lipinski definition) is 5. The van der Waals surface area contributed by atoms with Crippen molar-refractivity contribution in [1.82, 2.24) is 4.90 Å². The van der Waals surface area contributed by atoms with Gasteiger partial charge in [0.1, 0.15) is 0 Å². The molecular formula is C13H18NNaO4S. The molecule has 0 aliphatic carbocycles. The Morgan fingerprint density at radius 3 is 2.75 bits per heavy atom. The number of thioether (sulfide) groups is 1. The van der Waals surface area contributed by atoms with E-state index in [4.69, 9.17) is 4.74 Å². The molecule has 0 aromatic rings. The minimum atomic E-state index is -1.25. The largest absolute Gasteiger partial charge is 1.00 e. The Hall–Kier alpha value is -0.0100. The Morgan fingerprint density at radius 2 is 2.20 bits per heavy atom. The first-order valence-corrected chi connectivity index (χ1v) is 7.58. The fourth-order valence-electron chi connectivity index (χ4n) is 2.69. The Bertz CT molecular complexity index is 427. The first kappa shape index (κ1) is 18.0. The molecule has 106 valence electrons. The van der Waals surface area contributed by atoms with Crippen molar-refractivity contribution in [3.05, 3.63) is 10.6 Å². The molecule has 0 aromatic carbocycles. The maximum atomic E-state index is 11.9. The zero-order chi connectivity index (χ0) is 14.0. The maximum Gasteiger partial charge on any atom is 1.00 e. The molecule has 2 rings (SSSR count). The summed E-state index contributed by atoms with van der Waals surface area (Å²) >= 11 is 1.46. The topological polar surface area (TPSA) is 69.7 Å². The molecule has 1 fully saturated rings. The Balaban J connectivity index is 0.00000200. The minimum Gasteiger partial charge on any atom is -0.543 e. The van der Waals surface area contributed by atoms with Crippen molar-refractivity contribution in [2.24, 2.45) is 5.92 Å². The van der Waals surface area contributed by atoms with Crippen molar-refractivity contribution in [3.8, 4) is 0 Å². The number of carbonyl (C=O) groups excluding carboxylic acids is 2. The number of β-lactam (4-membered cyclic amide) rings is 1. The van der Waals surface area contributed by atoms with Gasteiger partial charge in [-0.2, -0.15) is 0 Å². The predicted molar refractivity (Wildman–Crippen MR) is 70.0 cm³/mol. The summed E-state index contributed by atoms with van der Waals surface area (Å²) in [4.78, 5) is 25.3. The van der Waals surface area contributed by atoms with E-state index in [0.717, 1.165) is 11.3 Å². The van der Waals surface area contributed by atoms with Gasteiger partial charge >= 0.3 is 29.6 Å². The molecule has 1 amide bonds. The average molecular weight is 307 g/mol. The number of rotatable bonds is 7. The van der Waals surface area contributed by atoms with Crippen LogP contribution in [0.3, 0.4) is 0 Å². The molecule has 0 N–H and O–H groups in total. The van der Waals surface area contributed by atoms with Crippen LogP contribution in [0, 0.1) is 5.92 Å².